The highest BCUT2D eigenvalue weighted by molar-refractivity contribution is 7.98. The first kappa shape index (κ1) is 23.5. The molecule has 0 aliphatic carbocycles. The molecular formula is C21H26ClN3O2S2. The molecule has 1 heterocycles. The van der Waals surface area contributed by atoms with Crippen LogP contribution in [-0.2, 0) is 0 Å². The number of nitrogens with zero attached hydrogens (tertiary/aromatic N) is 3. The van der Waals surface area contributed by atoms with Gasteiger partial charge in [-0.25, -0.2) is 4.98 Å². The van der Waals surface area contributed by atoms with E-state index in [4.69, 9.17) is 9.72 Å². The molecule has 0 aliphatic rings. The van der Waals surface area contributed by atoms with Crippen LogP contribution in [0.2, 0.25) is 0 Å². The molecule has 3 rings (SSSR count). The average Bonchev–Trinajstić information content (AvgIpc) is 3.13. The number of amides is 1. The third-order valence-corrected chi connectivity index (χ3v) is 6.17. The van der Waals surface area contributed by atoms with Gasteiger partial charge in [0.05, 0.1) is 17.3 Å². The van der Waals surface area contributed by atoms with Crippen molar-refractivity contribution in [2.24, 2.45) is 0 Å². The van der Waals surface area contributed by atoms with Gasteiger partial charge in [0, 0.05) is 17.0 Å². The smallest absolute Gasteiger partial charge is 0.260 e. The fourth-order valence-corrected chi connectivity index (χ4v) is 4.28. The molecule has 1 amide bonds. The third-order valence-electron chi connectivity index (χ3n) is 4.38. The van der Waals surface area contributed by atoms with Crippen molar-refractivity contribution >= 4 is 56.8 Å². The van der Waals surface area contributed by atoms with E-state index < -0.39 is 0 Å². The van der Waals surface area contributed by atoms with Crippen LogP contribution in [0.4, 0.5) is 5.13 Å². The van der Waals surface area contributed by atoms with Crippen LogP contribution in [0.15, 0.2) is 47.4 Å². The number of hydrogen-bond donors (Lipinski definition) is 0. The zero-order valence-corrected chi connectivity index (χ0v) is 19.5. The first-order chi connectivity index (χ1) is 13.5. The van der Waals surface area contributed by atoms with E-state index >= 15 is 0 Å². The fourth-order valence-electron chi connectivity index (χ4n) is 2.85. The number of hydrogen-bond acceptors (Lipinski definition) is 6. The summed E-state index contributed by atoms with van der Waals surface area (Å²) in [5, 5.41) is 0.723. The van der Waals surface area contributed by atoms with Crippen molar-refractivity contribution in [3.63, 3.8) is 0 Å². The quantitative estimate of drug-likeness (QED) is 0.448. The number of fused-ring (bicyclic) bond motifs is 1. The molecule has 29 heavy (non-hydrogen) atoms. The maximum absolute atomic E-state index is 13.3. The SMILES string of the molecule is COc1ccc2nc(N(CCCN(C)C)C(=O)c3ccc(SC)cc3)sc2c1.Cl. The van der Waals surface area contributed by atoms with Gasteiger partial charge in [0.15, 0.2) is 5.13 Å². The second-order valence-electron chi connectivity index (χ2n) is 6.67. The van der Waals surface area contributed by atoms with Gasteiger partial charge in [-0.15, -0.1) is 24.2 Å². The van der Waals surface area contributed by atoms with E-state index in [-0.39, 0.29) is 18.3 Å². The molecule has 0 spiro atoms. The van der Waals surface area contributed by atoms with Crippen molar-refractivity contribution < 1.29 is 9.53 Å². The number of ether oxygens (including phenoxy) is 1. The summed E-state index contributed by atoms with van der Waals surface area (Å²) in [5.74, 6) is 0.776. The molecular weight excluding hydrogens is 426 g/mol. The number of rotatable bonds is 8. The Labute approximate surface area is 186 Å². The van der Waals surface area contributed by atoms with Crippen LogP contribution >= 0.6 is 35.5 Å². The number of benzene rings is 2. The lowest BCUT2D eigenvalue weighted by atomic mass is 10.2. The number of methoxy groups -OCH3 is 1. The molecule has 0 radical (unpaired) electrons. The molecule has 0 bridgehead atoms. The highest BCUT2D eigenvalue weighted by atomic mass is 35.5. The van der Waals surface area contributed by atoms with Gasteiger partial charge < -0.3 is 9.64 Å². The Morgan fingerprint density at radius 2 is 1.86 bits per heavy atom. The second-order valence-corrected chi connectivity index (χ2v) is 8.56. The van der Waals surface area contributed by atoms with E-state index in [1.54, 1.807) is 23.8 Å². The average molecular weight is 452 g/mol. The Kier molecular flexibility index (Phi) is 8.77. The predicted molar refractivity (Wildman–Crippen MR) is 126 cm³/mol. The van der Waals surface area contributed by atoms with Gasteiger partial charge in [0.2, 0.25) is 0 Å². The monoisotopic (exact) mass is 451 g/mol. The first-order valence-electron chi connectivity index (χ1n) is 9.07. The van der Waals surface area contributed by atoms with Crippen molar-refractivity contribution in [3.8, 4) is 5.75 Å². The van der Waals surface area contributed by atoms with Gasteiger partial charge in [-0.2, -0.15) is 0 Å². The zero-order chi connectivity index (χ0) is 20.1. The molecule has 0 unspecified atom stereocenters. The number of aromatic nitrogens is 1. The van der Waals surface area contributed by atoms with Crippen molar-refractivity contribution in [1.29, 1.82) is 0 Å². The molecule has 0 saturated carbocycles. The molecule has 2 aromatic carbocycles. The van der Waals surface area contributed by atoms with Gasteiger partial charge in [-0.05, 0) is 75.8 Å². The molecule has 156 valence electrons. The number of thioether (sulfide) groups is 1. The van der Waals surface area contributed by atoms with E-state index in [1.807, 2.05) is 62.8 Å². The molecule has 0 fully saturated rings. The summed E-state index contributed by atoms with van der Waals surface area (Å²) in [7, 11) is 5.73. The topological polar surface area (TPSA) is 45.7 Å². The van der Waals surface area contributed by atoms with E-state index in [9.17, 15) is 4.79 Å². The number of anilines is 1. The lowest BCUT2D eigenvalue weighted by molar-refractivity contribution is 0.0986. The number of carbonyl (C=O) groups excluding carboxylic acids is 1. The summed E-state index contributed by atoms with van der Waals surface area (Å²) in [5.41, 5.74) is 1.56. The Balaban J connectivity index is 0.00000300. The van der Waals surface area contributed by atoms with Crippen molar-refractivity contribution in [2.45, 2.75) is 11.3 Å². The molecule has 1 aromatic heterocycles. The summed E-state index contributed by atoms with van der Waals surface area (Å²) >= 11 is 3.19. The largest absolute Gasteiger partial charge is 0.497 e. The van der Waals surface area contributed by atoms with E-state index in [2.05, 4.69) is 4.90 Å². The summed E-state index contributed by atoms with van der Waals surface area (Å²) in [6.45, 7) is 1.53. The van der Waals surface area contributed by atoms with Crippen LogP contribution in [0.3, 0.4) is 0 Å². The van der Waals surface area contributed by atoms with E-state index in [0.717, 1.165) is 39.0 Å². The van der Waals surface area contributed by atoms with Gasteiger partial charge in [-0.3, -0.25) is 9.69 Å². The molecule has 0 N–H and O–H groups in total. The minimum atomic E-state index is -0.0163. The van der Waals surface area contributed by atoms with E-state index in [0.29, 0.717) is 12.1 Å². The van der Waals surface area contributed by atoms with Gasteiger partial charge in [-0.1, -0.05) is 11.3 Å². The first-order valence-corrected chi connectivity index (χ1v) is 11.1. The summed E-state index contributed by atoms with van der Waals surface area (Å²) in [6, 6.07) is 13.5. The summed E-state index contributed by atoms with van der Waals surface area (Å²) < 4.78 is 6.32. The fraction of sp³-hybridized carbons (Fsp3) is 0.333. The van der Waals surface area contributed by atoms with Crippen LogP contribution in [0.1, 0.15) is 16.8 Å². The highest BCUT2D eigenvalue weighted by Crippen LogP contribution is 2.32. The number of thiazole rings is 1. The van der Waals surface area contributed by atoms with Gasteiger partial charge >= 0.3 is 0 Å². The summed E-state index contributed by atoms with van der Waals surface area (Å²) in [4.78, 5) is 23.1. The minimum absolute atomic E-state index is 0. The molecule has 0 saturated heterocycles. The maximum atomic E-state index is 13.3. The van der Waals surface area contributed by atoms with Gasteiger partial charge in [0.1, 0.15) is 5.75 Å². The molecule has 8 heteroatoms. The highest BCUT2D eigenvalue weighted by Gasteiger charge is 2.21. The van der Waals surface area contributed by atoms with Crippen molar-refractivity contribution in [3.05, 3.63) is 48.0 Å². The Morgan fingerprint density at radius 3 is 2.48 bits per heavy atom. The number of halogens is 1. The normalized spacial score (nSPS) is 10.8. The summed E-state index contributed by atoms with van der Waals surface area (Å²) in [6.07, 6.45) is 2.90. The van der Waals surface area contributed by atoms with Crippen LogP contribution in [-0.4, -0.2) is 56.3 Å². The molecule has 0 aliphatic heterocycles. The number of carbonyl (C=O) groups is 1. The molecule has 3 aromatic rings. The maximum Gasteiger partial charge on any atom is 0.260 e. The molecule has 5 nitrogen and oxygen atoms in total. The van der Waals surface area contributed by atoms with Crippen LogP contribution in [0.25, 0.3) is 10.2 Å². The lowest BCUT2D eigenvalue weighted by Gasteiger charge is -2.21. The van der Waals surface area contributed by atoms with Crippen molar-refractivity contribution in [1.82, 2.24) is 9.88 Å². The van der Waals surface area contributed by atoms with Crippen LogP contribution < -0.4 is 9.64 Å². The third kappa shape index (κ3) is 5.85. The van der Waals surface area contributed by atoms with Crippen molar-refractivity contribution in [2.75, 3.05) is 45.5 Å². The zero-order valence-electron chi connectivity index (χ0n) is 17.0. The van der Waals surface area contributed by atoms with E-state index in [1.165, 1.54) is 11.3 Å². The second kappa shape index (κ2) is 10.8. The lowest BCUT2D eigenvalue weighted by Crippen LogP contribution is -2.33. The van der Waals surface area contributed by atoms with Crippen LogP contribution in [0, 0.1) is 0 Å². The standard InChI is InChI=1S/C21H25N3O2S2.ClH/c1-23(2)12-5-13-24(20(25)15-6-9-17(27-4)10-7-15)21-22-18-11-8-16(26-3)14-19(18)28-21;/h6-11,14H,5,12-13H2,1-4H3;1H. The molecule has 0 atom stereocenters. The van der Waals surface area contributed by atoms with Crippen LogP contribution in [0.5, 0.6) is 5.75 Å². The Hall–Kier alpha value is -1.80. The Morgan fingerprint density at radius 1 is 1.14 bits per heavy atom. The Bertz CT molecular complexity index is 945. The predicted octanol–water partition coefficient (Wildman–Crippen LogP) is 5.05. The minimum Gasteiger partial charge on any atom is -0.497 e. The van der Waals surface area contributed by atoms with Gasteiger partial charge in [0.25, 0.3) is 5.91 Å².